The molecule has 54 valence electrons. The van der Waals surface area contributed by atoms with Crippen LogP contribution in [0, 0.1) is 5.92 Å². The Bertz CT molecular complexity index is 73.5. The highest BCUT2D eigenvalue weighted by Crippen LogP contribution is 2.25. The number of hydroxylamine groups is 1. The second kappa shape index (κ2) is 4.14. The van der Waals surface area contributed by atoms with Gasteiger partial charge in [0, 0.05) is 6.54 Å². The molecule has 1 fully saturated rings. The first-order chi connectivity index (χ1) is 4.43. The second-order valence-corrected chi connectivity index (χ2v) is 3.58. The van der Waals surface area contributed by atoms with Gasteiger partial charge in [0.15, 0.2) is 0 Å². The van der Waals surface area contributed by atoms with Gasteiger partial charge in [-0.3, -0.25) is 0 Å². The van der Waals surface area contributed by atoms with Crippen LogP contribution in [0.5, 0.6) is 0 Å². The molecule has 2 N–H and O–H groups in total. The minimum atomic E-state index is 0.755. The molecule has 9 heavy (non-hydrogen) atoms. The first-order valence-corrected chi connectivity index (χ1v) is 4.53. The highest BCUT2D eigenvalue weighted by atomic mass is 32.2. The Kier molecular flexibility index (Phi) is 3.40. The number of hydrogen-bond acceptors (Lipinski definition) is 3. The first-order valence-electron chi connectivity index (χ1n) is 3.38. The summed E-state index contributed by atoms with van der Waals surface area (Å²) in [6.07, 6.45) is 2.47. The van der Waals surface area contributed by atoms with Crippen LogP contribution >= 0.6 is 11.8 Å². The summed E-state index contributed by atoms with van der Waals surface area (Å²) in [6.45, 7) is 0.755. The lowest BCUT2D eigenvalue weighted by atomic mass is 10.1. The molecule has 0 aliphatic carbocycles. The zero-order valence-corrected chi connectivity index (χ0v) is 6.28. The number of nitrogens with one attached hydrogen (secondary N) is 1. The van der Waals surface area contributed by atoms with Crippen LogP contribution in [0.25, 0.3) is 0 Å². The van der Waals surface area contributed by atoms with Gasteiger partial charge in [0.2, 0.25) is 0 Å². The van der Waals surface area contributed by atoms with Gasteiger partial charge < -0.3 is 5.21 Å². The molecule has 0 aromatic heterocycles. The minimum Gasteiger partial charge on any atom is -0.317 e. The van der Waals surface area contributed by atoms with Crippen LogP contribution in [0.15, 0.2) is 0 Å². The van der Waals surface area contributed by atoms with Crippen LogP contribution in [0.1, 0.15) is 12.8 Å². The predicted molar refractivity (Wildman–Crippen MR) is 39.8 cm³/mol. The van der Waals surface area contributed by atoms with E-state index in [2.05, 4.69) is 5.48 Å². The molecule has 0 saturated carbocycles. The van der Waals surface area contributed by atoms with Gasteiger partial charge in [-0.2, -0.15) is 11.8 Å². The van der Waals surface area contributed by atoms with Gasteiger partial charge in [0.25, 0.3) is 0 Å². The molecule has 3 heteroatoms. The quantitative estimate of drug-likeness (QED) is 0.586. The number of hydrogen-bond donors (Lipinski definition) is 2. The fourth-order valence-electron chi connectivity index (χ4n) is 1.08. The lowest BCUT2D eigenvalue weighted by Crippen LogP contribution is -2.13. The fraction of sp³-hybridized carbons (Fsp3) is 1.00. The molecule has 0 spiro atoms. The van der Waals surface area contributed by atoms with Crippen molar-refractivity contribution in [2.75, 3.05) is 18.1 Å². The third-order valence-electron chi connectivity index (χ3n) is 1.69. The molecule has 2 nitrogen and oxygen atoms in total. The van der Waals surface area contributed by atoms with Crippen LogP contribution in [0.3, 0.4) is 0 Å². The van der Waals surface area contributed by atoms with E-state index in [1.807, 2.05) is 11.8 Å². The summed E-state index contributed by atoms with van der Waals surface area (Å²) >= 11 is 2.02. The van der Waals surface area contributed by atoms with Crippen molar-refractivity contribution in [3.8, 4) is 0 Å². The summed E-state index contributed by atoms with van der Waals surface area (Å²) in [5, 5.41) is 8.27. The van der Waals surface area contributed by atoms with Gasteiger partial charge in [0.05, 0.1) is 0 Å². The van der Waals surface area contributed by atoms with E-state index in [1.165, 1.54) is 17.9 Å². The van der Waals surface area contributed by atoms with E-state index in [0.29, 0.717) is 0 Å². The monoisotopic (exact) mass is 147 g/mol. The molecular formula is C6H13NOS. The molecule has 1 rings (SSSR count). The van der Waals surface area contributed by atoms with Crippen molar-refractivity contribution in [2.24, 2.45) is 5.92 Å². The van der Waals surface area contributed by atoms with Crippen LogP contribution in [0.4, 0.5) is 0 Å². The Morgan fingerprint density at radius 1 is 1.67 bits per heavy atom. The van der Waals surface area contributed by atoms with E-state index in [0.717, 1.165) is 18.9 Å². The molecule has 1 aliphatic rings. The molecule has 1 atom stereocenters. The molecule has 0 aromatic rings. The summed E-state index contributed by atoms with van der Waals surface area (Å²) in [5.41, 5.74) is 2.19. The van der Waals surface area contributed by atoms with Crippen LogP contribution < -0.4 is 5.48 Å². The van der Waals surface area contributed by atoms with Gasteiger partial charge in [-0.25, -0.2) is 5.48 Å². The molecule has 0 radical (unpaired) electrons. The standard InChI is InChI=1S/C6H13NOS/c8-7-3-1-6-2-4-9-5-6/h6-8H,1-5H2. The zero-order chi connectivity index (χ0) is 6.53. The smallest absolute Gasteiger partial charge is 0.0210 e. The van der Waals surface area contributed by atoms with Gasteiger partial charge in [-0.05, 0) is 30.3 Å². The molecular weight excluding hydrogens is 134 g/mol. The molecule has 0 bridgehead atoms. The highest BCUT2D eigenvalue weighted by molar-refractivity contribution is 7.99. The Balaban J connectivity index is 1.98. The summed E-state index contributed by atoms with van der Waals surface area (Å²) in [5.74, 6) is 3.47. The highest BCUT2D eigenvalue weighted by Gasteiger charge is 2.13. The van der Waals surface area contributed by atoms with Gasteiger partial charge in [0.1, 0.15) is 0 Å². The summed E-state index contributed by atoms with van der Waals surface area (Å²) in [7, 11) is 0. The van der Waals surface area contributed by atoms with Crippen molar-refractivity contribution in [2.45, 2.75) is 12.8 Å². The first kappa shape index (κ1) is 7.38. The maximum absolute atomic E-state index is 8.27. The fourth-order valence-corrected chi connectivity index (χ4v) is 2.41. The molecule has 0 aromatic carbocycles. The molecule has 1 aliphatic heterocycles. The largest absolute Gasteiger partial charge is 0.317 e. The van der Waals surface area contributed by atoms with Crippen LogP contribution in [-0.2, 0) is 0 Å². The third-order valence-corrected chi connectivity index (χ3v) is 2.92. The van der Waals surface area contributed by atoms with E-state index >= 15 is 0 Å². The van der Waals surface area contributed by atoms with Crippen LogP contribution in [-0.4, -0.2) is 23.3 Å². The second-order valence-electron chi connectivity index (χ2n) is 2.43. The SMILES string of the molecule is ONCCC1CCSC1. The Hall–Kier alpha value is 0.270. The maximum atomic E-state index is 8.27. The number of thioether (sulfide) groups is 1. The molecule has 1 unspecified atom stereocenters. The van der Waals surface area contributed by atoms with E-state index < -0.39 is 0 Å². The Morgan fingerprint density at radius 2 is 2.56 bits per heavy atom. The minimum absolute atomic E-state index is 0.755. The number of rotatable bonds is 3. The van der Waals surface area contributed by atoms with E-state index in [9.17, 15) is 0 Å². The van der Waals surface area contributed by atoms with Crippen molar-refractivity contribution in [3.05, 3.63) is 0 Å². The van der Waals surface area contributed by atoms with Crippen molar-refractivity contribution >= 4 is 11.8 Å². The van der Waals surface area contributed by atoms with Crippen molar-refractivity contribution in [1.29, 1.82) is 0 Å². The summed E-state index contributed by atoms with van der Waals surface area (Å²) in [4.78, 5) is 0. The average molecular weight is 147 g/mol. The zero-order valence-electron chi connectivity index (χ0n) is 5.47. The van der Waals surface area contributed by atoms with E-state index in [4.69, 9.17) is 5.21 Å². The van der Waals surface area contributed by atoms with E-state index in [-0.39, 0.29) is 0 Å². The maximum Gasteiger partial charge on any atom is 0.0210 e. The Labute approximate surface area is 60.0 Å². The normalized spacial score (nSPS) is 27.0. The van der Waals surface area contributed by atoms with Crippen LogP contribution in [0.2, 0.25) is 0 Å². The Morgan fingerprint density at radius 3 is 3.11 bits per heavy atom. The van der Waals surface area contributed by atoms with Crippen molar-refractivity contribution in [3.63, 3.8) is 0 Å². The predicted octanol–water partition coefficient (Wildman–Crippen LogP) is 1.11. The average Bonchev–Trinajstić information content (AvgIpc) is 2.34. The van der Waals surface area contributed by atoms with Crippen molar-refractivity contribution < 1.29 is 5.21 Å². The lowest BCUT2D eigenvalue weighted by molar-refractivity contribution is 0.160. The summed E-state index contributed by atoms with van der Waals surface area (Å²) in [6, 6.07) is 0. The molecule has 1 saturated heterocycles. The topological polar surface area (TPSA) is 32.3 Å². The van der Waals surface area contributed by atoms with E-state index in [1.54, 1.807) is 0 Å². The lowest BCUT2D eigenvalue weighted by Gasteiger charge is -2.04. The van der Waals surface area contributed by atoms with Gasteiger partial charge in [-0.15, -0.1) is 0 Å². The molecule has 0 amide bonds. The molecule has 1 heterocycles. The van der Waals surface area contributed by atoms with Gasteiger partial charge in [-0.1, -0.05) is 0 Å². The summed E-state index contributed by atoms with van der Waals surface area (Å²) < 4.78 is 0. The van der Waals surface area contributed by atoms with Crippen molar-refractivity contribution in [1.82, 2.24) is 5.48 Å². The van der Waals surface area contributed by atoms with Gasteiger partial charge >= 0.3 is 0 Å². The third kappa shape index (κ3) is 2.56.